The average Bonchev–Trinajstić information content (AvgIpc) is 2.63. The molecule has 0 aliphatic carbocycles. The van der Waals surface area contributed by atoms with Crippen LogP contribution in [0.2, 0.25) is 0 Å². The zero-order chi connectivity index (χ0) is 17.6. The van der Waals surface area contributed by atoms with Crippen LogP contribution in [-0.2, 0) is 0 Å². The first-order chi connectivity index (χ1) is 12.2. The maximum atomic E-state index is 12.7. The highest BCUT2D eigenvalue weighted by atomic mass is 16.5. The zero-order valence-corrected chi connectivity index (χ0v) is 14.7. The predicted octanol–water partition coefficient (Wildman–Crippen LogP) is 3.49. The molecule has 2 heterocycles. The van der Waals surface area contributed by atoms with Crippen LogP contribution in [0.5, 0.6) is 5.75 Å². The monoisotopic (exact) mass is 340 g/mol. The van der Waals surface area contributed by atoms with Crippen molar-refractivity contribution in [2.24, 2.45) is 5.92 Å². The first-order valence-electron chi connectivity index (χ1n) is 8.77. The molecule has 6 nitrogen and oxygen atoms in total. The number of amides is 1. The molecule has 0 bridgehead atoms. The van der Waals surface area contributed by atoms with Gasteiger partial charge in [0.15, 0.2) is 0 Å². The third kappa shape index (κ3) is 4.47. The van der Waals surface area contributed by atoms with E-state index in [9.17, 15) is 4.79 Å². The number of piperidine rings is 1. The van der Waals surface area contributed by atoms with Crippen molar-refractivity contribution < 1.29 is 9.53 Å². The van der Waals surface area contributed by atoms with Crippen molar-refractivity contribution in [3.63, 3.8) is 0 Å². The SMILES string of the molecule is CCOc1ccc(Nc2cc(C(=O)N3CCCC(C)C3)ncn2)cc1. The molecule has 0 spiro atoms. The molecule has 1 aromatic heterocycles. The molecular weight excluding hydrogens is 316 g/mol. The first-order valence-corrected chi connectivity index (χ1v) is 8.77. The minimum Gasteiger partial charge on any atom is -0.494 e. The van der Waals surface area contributed by atoms with Crippen molar-refractivity contribution >= 4 is 17.4 Å². The van der Waals surface area contributed by atoms with E-state index in [-0.39, 0.29) is 5.91 Å². The first kappa shape index (κ1) is 17.2. The van der Waals surface area contributed by atoms with Gasteiger partial charge in [-0.05, 0) is 49.9 Å². The summed E-state index contributed by atoms with van der Waals surface area (Å²) in [4.78, 5) is 22.9. The van der Waals surface area contributed by atoms with Gasteiger partial charge in [0, 0.05) is 24.8 Å². The van der Waals surface area contributed by atoms with Gasteiger partial charge in [0.2, 0.25) is 0 Å². The third-order valence-corrected chi connectivity index (χ3v) is 4.27. The largest absolute Gasteiger partial charge is 0.494 e. The van der Waals surface area contributed by atoms with Crippen molar-refractivity contribution in [1.82, 2.24) is 14.9 Å². The Morgan fingerprint density at radius 3 is 2.84 bits per heavy atom. The molecule has 3 rings (SSSR count). The summed E-state index contributed by atoms with van der Waals surface area (Å²) in [5, 5.41) is 3.20. The summed E-state index contributed by atoms with van der Waals surface area (Å²) in [5.41, 5.74) is 1.31. The van der Waals surface area contributed by atoms with E-state index in [1.54, 1.807) is 6.07 Å². The van der Waals surface area contributed by atoms with Gasteiger partial charge in [0.1, 0.15) is 23.6 Å². The number of likely N-dealkylation sites (tertiary alicyclic amines) is 1. The molecule has 132 valence electrons. The molecule has 0 radical (unpaired) electrons. The summed E-state index contributed by atoms with van der Waals surface area (Å²) in [5.74, 6) is 1.95. The lowest BCUT2D eigenvalue weighted by molar-refractivity contribution is 0.0677. The van der Waals surface area contributed by atoms with Crippen molar-refractivity contribution in [1.29, 1.82) is 0 Å². The number of carbonyl (C=O) groups excluding carboxylic acids is 1. The standard InChI is InChI=1S/C19H24N4O2/c1-3-25-16-8-6-15(7-9-16)22-18-11-17(20-13-21-18)19(24)23-10-4-5-14(2)12-23/h6-9,11,13-14H,3-5,10,12H2,1-2H3,(H,20,21,22). The van der Waals surface area contributed by atoms with Gasteiger partial charge in [-0.25, -0.2) is 9.97 Å². The third-order valence-electron chi connectivity index (χ3n) is 4.27. The fourth-order valence-electron chi connectivity index (χ4n) is 3.03. The molecule has 1 amide bonds. The highest BCUT2D eigenvalue weighted by molar-refractivity contribution is 5.93. The second kappa shape index (κ2) is 7.96. The second-order valence-electron chi connectivity index (χ2n) is 6.37. The Hall–Kier alpha value is -2.63. The lowest BCUT2D eigenvalue weighted by atomic mass is 10.00. The summed E-state index contributed by atoms with van der Waals surface area (Å²) < 4.78 is 5.43. The summed E-state index contributed by atoms with van der Waals surface area (Å²) in [6.07, 6.45) is 3.66. The van der Waals surface area contributed by atoms with Crippen LogP contribution in [0.15, 0.2) is 36.7 Å². The van der Waals surface area contributed by atoms with Crippen molar-refractivity contribution in [2.75, 3.05) is 25.0 Å². The Labute approximate surface area is 148 Å². The summed E-state index contributed by atoms with van der Waals surface area (Å²) >= 11 is 0. The van der Waals surface area contributed by atoms with Gasteiger partial charge >= 0.3 is 0 Å². The number of benzene rings is 1. The number of hydrogen-bond acceptors (Lipinski definition) is 5. The van der Waals surface area contributed by atoms with Crippen molar-refractivity contribution in [3.8, 4) is 5.75 Å². The number of carbonyl (C=O) groups is 1. The van der Waals surface area contributed by atoms with Crippen LogP contribution in [0.3, 0.4) is 0 Å². The Morgan fingerprint density at radius 2 is 2.12 bits per heavy atom. The van der Waals surface area contributed by atoms with Gasteiger partial charge < -0.3 is 15.0 Å². The van der Waals surface area contributed by atoms with Crippen molar-refractivity contribution in [3.05, 3.63) is 42.4 Å². The Kier molecular flexibility index (Phi) is 5.48. The minimum absolute atomic E-state index is 0.0244. The van der Waals surface area contributed by atoms with Gasteiger partial charge in [-0.2, -0.15) is 0 Å². The van der Waals surface area contributed by atoms with Crippen LogP contribution in [0, 0.1) is 5.92 Å². The zero-order valence-electron chi connectivity index (χ0n) is 14.7. The normalized spacial score (nSPS) is 17.2. The highest BCUT2D eigenvalue weighted by Gasteiger charge is 2.23. The molecule has 1 unspecified atom stereocenters. The Bertz CT molecular complexity index is 718. The van der Waals surface area contributed by atoms with Crippen LogP contribution in [0.1, 0.15) is 37.2 Å². The fraction of sp³-hybridized carbons (Fsp3) is 0.421. The molecule has 1 aliphatic heterocycles. The number of hydrogen-bond donors (Lipinski definition) is 1. The lowest BCUT2D eigenvalue weighted by Gasteiger charge is -2.30. The number of nitrogens with one attached hydrogen (secondary N) is 1. The van der Waals surface area contributed by atoms with E-state index in [2.05, 4.69) is 22.2 Å². The van der Waals surface area contributed by atoms with Gasteiger partial charge in [0.25, 0.3) is 5.91 Å². The minimum atomic E-state index is -0.0244. The maximum absolute atomic E-state index is 12.7. The summed E-state index contributed by atoms with van der Waals surface area (Å²) in [6.45, 7) is 6.37. The molecule has 1 fully saturated rings. The lowest BCUT2D eigenvalue weighted by Crippen LogP contribution is -2.39. The topological polar surface area (TPSA) is 67.3 Å². The average molecular weight is 340 g/mol. The van der Waals surface area contributed by atoms with E-state index < -0.39 is 0 Å². The van der Waals surface area contributed by atoms with Gasteiger partial charge in [0.05, 0.1) is 6.61 Å². The molecule has 1 saturated heterocycles. The molecule has 1 atom stereocenters. The van der Waals surface area contributed by atoms with Gasteiger partial charge in [-0.3, -0.25) is 4.79 Å². The number of anilines is 2. The summed E-state index contributed by atoms with van der Waals surface area (Å²) in [7, 11) is 0. The smallest absolute Gasteiger partial charge is 0.272 e. The highest BCUT2D eigenvalue weighted by Crippen LogP contribution is 2.21. The number of nitrogens with zero attached hydrogens (tertiary/aromatic N) is 3. The molecule has 1 aliphatic rings. The van der Waals surface area contributed by atoms with E-state index in [0.29, 0.717) is 24.0 Å². The Balaban J connectivity index is 1.69. The van der Waals surface area contributed by atoms with E-state index in [4.69, 9.17) is 4.74 Å². The Morgan fingerprint density at radius 1 is 1.32 bits per heavy atom. The molecule has 0 saturated carbocycles. The molecular formula is C19H24N4O2. The number of aromatic nitrogens is 2. The molecule has 1 N–H and O–H groups in total. The molecule has 1 aromatic carbocycles. The molecule has 2 aromatic rings. The molecule has 25 heavy (non-hydrogen) atoms. The van der Waals surface area contributed by atoms with Crippen molar-refractivity contribution in [2.45, 2.75) is 26.7 Å². The van der Waals surface area contributed by atoms with E-state index in [1.807, 2.05) is 36.1 Å². The maximum Gasteiger partial charge on any atom is 0.272 e. The van der Waals surface area contributed by atoms with Crippen LogP contribution in [-0.4, -0.2) is 40.5 Å². The van der Waals surface area contributed by atoms with E-state index in [1.165, 1.54) is 12.7 Å². The van der Waals surface area contributed by atoms with Gasteiger partial charge in [-0.15, -0.1) is 0 Å². The molecule has 6 heteroatoms. The van der Waals surface area contributed by atoms with Gasteiger partial charge in [-0.1, -0.05) is 6.92 Å². The van der Waals surface area contributed by atoms with Crippen LogP contribution in [0.4, 0.5) is 11.5 Å². The summed E-state index contributed by atoms with van der Waals surface area (Å²) in [6, 6.07) is 9.34. The quantitative estimate of drug-likeness (QED) is 0.902. The van der Waals surface area contributed by atoms with Crippen LogP contribution < -0.4 is 10.1 Å². The second-order valence-corrected chi connectivity index (χ2v) is 6.37. The number of rotatable bonds is 5. The van der Waals surface area contributed by atoms with Crippen LogP contribution in [0.25, 0.3) is 0 Å². The van der Waals surface area contributed by atoms with Crippen LogP contribution >= 0.6 is 0 Å². The fourth-order valence-corrected chi connectivity index (χ4v) is 3.03. The van der Waals surface area contributed by atoms with E-state index in [0.717, 1.165) is 30.9 Å². The van der Waals surface area contributed by atoms with E-state index >= 15 is 0 Å². The number of ether oxygens (including phenoxy) is 1. The predicted molar refractivity (Wildman–Crippen MR) is 97.2 cm³/mol.